The van der Waals surface area contributed by atoms with Crippen LogP contribution in [-0.4, -0.2) is 98.4 Å². The van der Waals surface area contributed by atoms with Gasteiger partial charge in [-0.25, -0.2) is 9.78 Å². The molecule has 0 aromatic carbocycles. The van der Waals surface area contributed by atoms with Crippen molar-refractivity contribution in [3.05, 3.63) is 46.6 Å². The minimum atomic E-state index is -1.53. The van der Waals surface area contributed by atoms with Crippen LogP contribution < -0.4 is 16.2 Å². The fraction of sp³-hybridized carbons (Fsp3) is 0.440. The van der Waals surface area contributed by atoms with Crippen LogP contribution in [0.1, 0.15) is 25.0 Å². The lowest BCUT2D eigenvalue weighted by Gasteiger charge is -2.50. The molecule has 40 heavy (non-hydrogen) atoms. The third-order valence-electron chi connectivity index (χ3n) is 7.44. The minimum absolute atomic E-state index is 0.0621. The molecule has 4 N–H and O–H groups in total. The zero-order valence-corrected chi connectivity index (χ0v) is 23.2. The van der Waals surface area contributed by atoms with Gasteiger partial charge in [-0.3, -0.25) is 14.5 Å². The van der Waals surface area contributed by atoms with E-state index in [1.54, 1.807) is 6.08 Å². The number of anilines is 1. The molecule has 0 radical (unpaired) electrons. The number of nitrogens with zero attached hydrogens (tertiary/aromatic N) is 4. The summed E-state index contributed by atoms with van der Waals surface area (Å²) in [6, 6.07) is -1.05. The molecule has 2 atom stereocenters. The number of quaternary nitrogens is 1. The number of thioether (sulfide) groups is 1. The van der Waals surface area contributed by atoms with Gasteiger partial charge in [0, 0.05) is 24.0 Å². The summed E-state index contributed by atoms with van der Waals surface area (Å²) in [5, 5.41) is 29.0. The van der Waals surface area contributed by atoms with Crippen molar-refractivity contribution in [1.29, 1.82) is 0 Å². The second-order valence-electron chi connectivity index (χ2n) is 10.3. The fourth-order valence-electron chi connectivity index (χ4n) is 4.88. The Morgan fingerprint density at radius 2 is 2.10 bits per heavy atom. The molecule has 1 unspecified atom stereocenters. The Morgan fingerprint density at radius 1 is 1.38 bits per heavy atom. The molecule has 4 heterocycles. The summed E-state index contributed by atoms with van der Waals surface area (Å²) in [4.78, 5) is 60.6. The molecule has 15 heteroatoms. The highest BCUT2D eigenvalue weighted by molar-refractivity contribution is 8.00. The molecule has 4 aliphatic rings. The molecule has 2 amide bonds. The second kappa shape index (κ2) is 10.7. The maximum absolute atomic E-state index is 13.3. The number of carboxylic acids is 2. The van der Waals surface area contributed by atoms with E-state index in [1.165, 1.54) is 17.1 Å². The smallest absolute Gasteiger partial charge is 0.350 e. The number of nitrogens with two attached hydrogens (primary N) is 1. The maximum Gasteiger partial charge on any atom is 0.350 e. The number of fused-ring (bicyclic) bond motifs is 1. The SMILES string of the molecule is C[N+]1(C/C=C/C2=C(C(=O)[O-])N3C(=O)C(NC(=O)/C(=N\OC4(C(=O)O)CCC4)c4csc(N)n4)[C@H]3SC2)CC=CC1. The van der Waals surface area contributed by atoms with Crippen molar-refractivity contribution >= 4 is 57.7 Å². The summed E-state index contributed by atoms with van der Waals surface area (Å²) in [7, 11) is 2.10. The van der Waals surface area contributed by atoms with E-state index in [1.807, 2.05) is 6.08 Å². The molecule has 5 rings (SSSR count). The van der Waals surface area contributed by atoms with E-state index in [2.05, 4.69) is 34.7 Å². The first kappa shape index (κ1) is 27.9. The third kappa shape index (κ3) is 5.11. The third-order valence-corrected chi connectivity index (χ3v) is 9.42. The minimum Gasteiger partial charge on any atom is -0.543 e. The molecule has 1 saturated heterocycles. The zero-order chi connectivity index (χ0) is 28.7. The molecule has 1 saturated carbocycles. The molecular weight excluding hydrogens is 560 g/mol. The van der Waals surface area contributed by atoms with Crippen molar-refractivity contribution in [3.8, 4) is 0 Å². The predicted octanol–water partition coefficient (Wildman–Crippen LogP) is -0.570. The van der Waals surface area contributed by atoms with E-state index in [4.69, 9.17) is 10.6 Å². The standard InChI is InChI=1S/C25H28N6O7S2/c1-31(9-2-3-10-31)11-4-6-14-12-39-21-17(20(33)30(21)18(14)22(34)35)28-19(32)16(15-13-40-24(26)27-15)29-38-25(23(36)37)7-5-8-25/h2-4,6,13,17,21H,5,7-12H2,1H3,(H4-,26,27,28,32,34,35,36,37)/b6-4+,29-16-/t17?,21-/m1/s1. The number of aromatic nitrogens is 1. The summed E-state index contributed by atoms with van der Waals surface area (Å²) >= 11 is 2.36. The average Bonchev–Trinajstić information content (AvgIpc) is 3.51. The number of carboxylic acid groups (broad SMARTS) is 2. The number of β-lactam (4-membered cyclic amide) rings is 1. The topological polar surface area (TPSA) is 187 Å². The van der Waals surface area contributed by atoms with Crippen molar-refractivity contribution in [1.82, 2.24) is 15.2 Å². The average molecular weight is 589 g/mol. The number of thiazole rings is 1. The van der Waals surface area contributed by atoms with Crippen molar-refractivity contribution in [2.75, 3.05) is 38.2 Å². The van der Waals surface area contributed by atoms with Crippen LogP contribution in [0.3, 0.4) is 0 Å². The summed E-state index contributed by atoms with van der Waals surface area (Å²) in [6.07, 6.45) is 8.96. The van der Waals surface area contributed by atoms with Crippen LogP contribution >= 0.6 is 23.1 Å². The van der Waals surface area contributed by atoms with Gasteiger partial charge in [0.1, 0.15) is 17.1 Å². The lowest BCUT2D eigenvalue weighted by Crippen LogP contribution is -2.71. The van der Waals surface area contributed by atoms with E-state index < -0.39 is 40.8 Å². The van der Waals surface area contributed by atoms with Gasteiger partial charge in [-0.2, -0.15) is 0 Å². The van der Waals surface area contributed by atoms with Gasteiger partial charge in [0.25, 0.3) is 11.8 Å². The van der Waals surface area contributed by atoms with Crippen LogP contribution in [-0.2, 0) is 24.0 Å². The lowest BCUT2D eigenvalue weighted by molar-refractivity contribution is -0.887. The van der Waals surface area contributed by atoms with Crippen LogP contribution in [0.4, 0.5) is 5.13 Å². The number of hydrogen-bond donors (Lipinski definition) is 3. The number of amides is 2. The second-order valence-corrected chi connectivity index (χ2v) is 12.3. The molecule has 13 nitrogen and oxygen atoms in total. The fourth-order valence-corrected chi connectivity index (χ4v) is 6.74. The van der Waals surface area contributed by atoms with Crippen molar-refractivity contribution in [2.24, 2.45) is 5.16 Å². The van der Waals surface area contributed by atoms with Crippen molar-refractivity contribution in [3.63, 3.8) is 0 Å². The Kier molecular flexibility index (Phi) is 7.46. The van der Waals surface area contributed by atoms with Crippen LogP contribution in [0.25, 0.3) is 0 Å². The van der Waals surface area contributed by atoms with Gasteiger partial charge < -0.3 is 35.4 Å². The molecular formula is C25H28N6O7S2. The molecule has 1 aromatic heterocycles. The Morgan fingerprint density at radius 3 is 2.67 bits per heavy atom. The number of allylic oxidation sites excluding steroid dienone is 1. The number of carbonyl (C=O) groups is 4. The maximum atomic E-state index is 13.3. The number of likely N-dealkylation sites (N-methyl/N-ethyl adjacent to an activating group) is 1. The largest absolute Gasteiger partial charge is 0.543 e. The Bertz CT molecular complexity index is 1370. The van der Waals surface area contributed by atoms with Crippen LogP contribution in [0, 0.1) is 0 Å². The lowest BCUT2D eigenvalue weighted by atomic mass is 9.80. The van der Waals surface area contributed by atoms with Gasteiger partial charge in [-0.05, 0) is 30.2 Å². The van der Waals surface area contributed by atoms with Crippen LogP contribution in [0.2, 0.25) is 0 Å². The molecule has 2 fully saturated rings. The van der Waals surface area contributed by atoms with E-state index in [0.29, 0.717) is 24.3 Å². The first-order valence-corrected chi connectivity index (χ1v) is 14.5. The molecule has 0 spiro atoms. The summed E-state index contributed by atoms with van der Waals surface area (Å²) in [5.41, 5.74) is 4.16. The van der Waals surface area contributed by atoms with E-state index in [9.17, 15) is 29.4 Å². The highest BCUT2D eigenvalue weighted by Gasteiger charge is 2.53. The molecule has 1 aliphatic carbocycles. The van der Waals surface area contributed by atoms with Crippen molar-refractivity contribution in [2.45, 2.75) is 36.3 Å². The number of nitrogens with one attached hydrogen (secondary N) is 1. The van der Waals surface area contributed by atoms with Crippen molar-refractivity contribution < 1.29 is 38.7 Å². The monoisotopic (exact) mass is 588 g/mol. The normalized spacial score (nSPS) is 24.9. The first-order valence-electron chi connectivity index (χ1n) is 12.6. The Hall–Kier alpha value is -3.69. The Labute approximate surface area is 237 Å². The first-order chi connectivity index (χ1) is 19.0. The van der Waals surface area contributed by atoms with Gasteiger partial charge in [-0.1, -0.05) is 11.2 Å². The highest BCUT2D eigenvalue weighted by Crippen LogP contribution is 2.40. The number of rotatable bonds is 10. The van der Waals surface area contributed by atoms with E-state index in [0.717, 1.165) is 33.8 Å². The van der Waals surface area contributed by atoms with E-state index >= 15 is 0 Å². The van der Waals surface area contributed by atoms with E-state index in [-0.39, 0.29) is 35.1 Å². The number of oxime groups is 1. The van der Waals surface area contributed by atoms with Gasteiger partial charge in [0.2, 0.25) is 5.60 Å². The molecule has 0 bridgehead atoms. The van der Waals surface area contributed by atoms with Crippen LogP contribution in [0.5, 0.6) is 0 Å². The number of aliphatic carboxylic acids is 2. The Balaban J connectivity index is 1.32. The summed E-state index contributed by atoms with van der Waals surface area (Å²) < 4.78 is 0.781. The summed E-state index contributed by atoms with van der Waals surface area (Å²) in [5.74, 6) is -3.81. The number of hydrogen-bond acceptors (Lipinski definition) is 11. The molecule has 212 valence electrons. The predicted molar refractivity (Wildman–Crippen MR) is 144 cm³/mol. The highest BCUT2D eigenvalue weighted by atomic mass is 32.2. The van der Waals surface area contributed by atoms with Gasteiger partial charge in [-0.15, -0.1) is 23.1 Å². The quantitative estimate of drug-likeness (QED) is 0.105. The summed E-state index contributed by atoms with van der Waals surface area (Å²) in [6.45, 7) is 2.48. The number of carbonyl (C=O) groups excluding carboxylic acids is 3. The van der Waals surface area contributed by atoms with Gasteiger partial charge >= 0.3 is 5.97 Å². The molecule has 3 aliphatic heterocycles. The molecule has 1 aromatic rings. The zero-order valence-electron chi connectivity index (χ0n) is 21.6. The van der Waals surface area contributed by atoms with Gasteiger partial charge in [0.05, 0.1) is 38.3 Å². The van der Waals surface area contributed by atoms with Gasteiger partial charge in [0.15, 0.2) is 10.8 Å². The van der Waals surface area contributed by atoms with Crippen LogP contribution in [0.15, 0.2) is 46.1 Å². The number of nitrogen functional groups attached to an aromatic ring is 1.